The second-order valence-electron chi connectivity index (χ2n) is 2.59. The molecule has 1 rings (SSSR count). The minimum absolute atomic E-state index is 0.0413. The SMILES string of the molecule is CC1=NCC(COS(C)(=O)=O)O1. The van der Waals surface area contributed by atoms with Gasteiger partial charge in [-0.15, -0.1) is 0 Å². The highest BCUT2D eigenvalue weighted by Gasteiger charge is 2.18. The Balaban J connectivity index is 2.28. The van der Waals surface area contributed by atoms with E-state index >= 15 is 0 Å². The third-order valence-corrected chi connectivity index (χ3v) is 1.89. The first-order valence-corrected chi connectivity index (χ1v) is 5.31. The van der Waals surface area contributed by atoms with Crippen molar-refractivity contribution >= 4 is 16.0 Å². The highest BCUT2D eigenvalue weighted by atomic mass is 32.2. The van der Waals surface area contributed by atoms with Gasteiger partial charge in [-0.25, -0.2) is 0 Å². The molecular formula is C6H11NO4S. The van der Waals surface area contributed by atoms with Gasteiger partial charge in [0.2, 0.25) is 0 Å². The highest BCUT2D eigenvalue weighted by molar-refractivity contribution is 7.85. The van der Waals surface area contributed by atoms with Crippen LogP contribution in [-0.4, -0.2) is 39.8 Å². The number of hydrogen-bond acceptors (Lipinski definition) is 5. The fourth-order valence-corrected chi connectivity index (χ4v) is 1.23. The van der Waals surface area contributed by atoms with Gasteiger partial charge in [0.1, 0.15) is 12.7 Å². The van der Waals surface area contributed by atoms with E-state index < -0.39 is 10.1 Å². The molecular weight excluding hydrogens is 182 g/mol. The van der Waals surface area contributed by atoms with Crippen LogP contribution in [0.2, 0.25) is 0 Å². The first-order valence-electron chi connectivity index (χ1n) is 3.49. The summed E-state index contributed by atoms with van der Waals surface area (Å²) in [6.45, 7) is 2.24. The van der Waals surface area contributed by atoms with Gasteiger partial charge in [0.05, 0.1) is 12.8 Å². The van der Waals surface area contributed by atoms with Crippen molar-refractivity contribution in [3.63, 3.8) is 0 Å². The maximum Gasteiger partial charge on any atom is 0.264 e. The average molecular weight is 193 g/mol. The maximum atomic E-state index is 10.6. The second-order valence-corrected chi connectivity index (χ2v) is 4.23. The fourth-order valence-electron chi connectivity index (χ4n) is 0.832. The molecule has 0 aromatic carbocycles. The molecule has 1 atom stereocenters. The van der Waals surface area contributed by atoms with Gasteiger partial charge in [0.15, 0.2) is 5.90 Å². The predicted molar refractivity (Wildman–Crippen MR) is 43.6 cm³/mol. The van der Waals surface area contributed by atoms with E-state index in [1.165, 1.54) is 0 Å². The van der Waals surface area contributed by atoms with Crippen molar-refractivity contribution in [1.82, 2.24) is 0 Å². The molecule has 70 valence electrons. The molecule has 1 heterocycles. The normalized spacial score (nSPS) is 23.5. The van der Waals surface area contributed by atoms with E-state index in [0.717, 1.165) is 6.26 Å². The molecule has 1 aliphatic heterocycles. The van der Waals surface area contributed by atoms with Crippen LogP contribution in [0.4, 0.5) is 0 Å². The Morgan fingerprint density at radius 3 is 2.83 bits per heavy atom. The molecule has 12 heavy (non-hydrogen) atoms. The quantitative estimate of drug-likeness (QED) is 0.581. The van der Waals surface area contributed by atoms with Gasteiger partial charge in [-0.2, -0.15) is 8.42 Å². The molecule has 0 saturated heterocycles. The van der Waals surface area contributed by atoms with E-state index in [1.54, 1.807) is 6.92 Å². The number of rotatable bonds is 3. The second kappa shape index (κ2) is 3.40. The predicted octanol–water partition coefficient (Wildman–Crippen LogP) is -0.220. The van der Waals surface area contributed by atoms with Crippen LogP contribution in [0.1, 0.15) is 6.92 Å². The minimum atomic E-state index is -3.36. The first kappa shape index (κ1) is 9.47. The van der Waals surface area contributed by atoms with Crippen LogP contribution in [0.5, 0.6) is 0 Å². The third kappa shape index (κ3) is 3.19. The van der Waals surface area contributed by atoms with Crippen LogP contribution >= 0.6 is 0 Å². The molecule has 0 aromatic rings. The molecule has 0 aliphatic carbocycles. The monoisotopic (exact) mass is 193 g/mol. The molecule has 0 amide bonds. The molecule has 5 nitrogen and oxygen atoms in total. The van der Waals surface area contributed by atoms with Gasteiger partial charge >= 0.3 is 0 Å². The van der Waals surface area contributed by atoms with E-state index in [9.17, 15) is 8.42 Å². The molecule has 0 fully saturated rings. The summed E-state index contributed by atoms with van der Waals surface area (Å²) < 4.78 is 30.8. The summed E-state index contributed by atoms with van der Waals surface area (Å²) in [7, 11) is -3.36. The smallest absolute Gasteiger partial charge is 0.264 e. The number of ether oxygens (including phenoxy) is 1. The Morgan fingerprint density at radius 2 is 2.42 bits per heavy atom. The van der Waals surface area contributed by atoms with Gasteiger partial charge in [-0.3, -0.25) is 9.18 Å². The lowest BCUT2D eigenvalue weighted by Crippen LogP contribution is -2.21. The summed E-state index contributed by atoms with van der Waals surface area (Å²) in [4.78, 5) is 3.94. The van der Waals surface area contributed by atoms with Crippen LogP contribution in [0.15, 0.2) is 4.99 Å². The zero-order valence-corrected chi connectivity index (χ0v) is 7.80. The zero-order valence-electron chi connectivity index (χ0n) is 6.98. The molecule has 6 heteroatoms. The van der Waals surface area contributed by atoms with Crippen molar-refractivity contribution in [3.05, 3.63) is 0 Å². The third-order valence-electron chi connectivity index (χ3n) is 1.32. The Hall–Kier alpha value is -0.620. The van der Waals surface area contributed by atoms with Gasteiger partial charge in [0.25, 0.3) is 10.1 Å². The van der Waals surface area contributed by atoms with Crippen LogP contribution in [0, 0.1) is 0 Å². The van der Waals surface area contributed by atoms with Crippen LogP contribution < -0.4 is 0 Å². The lowest BCUT2D eigenvalue weighted by Gasteiger charge is -2.08. The zero-order chi connectivity index (χ0) is 9.19. The molecule has 0 aromatic heterocycles. The van der Waals surface area contributed by atoms with Crippen molar-refractivity contribution in [2.75, 3.05) is 19.4 Å². The van der Waals surface area contributed by atoms with Crippen molar-refractivity contribution in [1.29, 1.82) is 0 Å². The molecule has 1 unspecified atom stereocenters. The Morgan fingerprint density at radius 1 is 1.75 bits per heavy atom. The van der Waals surface area contributed by atoms with Crippen molar-refractivity contribution in [2.24, 2.45) is 4.99 Å². The van der Waals surface area contributed by atoms with Crippen molar-refractivity contribution in [3.8, 4) is 0 Å². The summed E-state index contributed by atoms with van der Waals surface area (Å²) >= 11 is 0. The number of aliphatic imine (C=N–C) groups is 1. The topological polar surface area (TPSA) is 65.0 Å². The van der Waals surface area contributed by atoms with Gasteiger partial charge in [0, 0.05) is 6.92 Å². The van der Waals surface area contributed by atoms with Crippen LogP contribution in [0.3, 0.4) is 0 Å². The largest absolute Gasteiger partial charge is 0.474 e. The highest BCUT2D eigenvalue weighted by Crippen LogP contribution is 2.05. The van der Waals surface area contributed by atoms with E-state index in [1.807, 2.05) is 0 Å². The molecule has 1 aliphatic rings. The Kier molecular flexibility index (Phi) is 2.69. The summed E-state index contributed by atoms with van der Waals surface area (Å²) in [6, 6.07) is 0. The molecule has 0 bridgehead atoms. The molecule has 0 radical (unpaired) electrons. The van der Waals surface area contributed by atoms with E-state index in [0.29, 0.717) is 12.4 Å². The van der Waals surface area contributed by atoms with Gasteiger partial charge in [-0.1, -0.05) is 0 Å². The lowest BCUT2D eigenvalue weighted by atomic mass is 10.4. The van der Waals surface area contributed by atoms with Gasteiger partial charge < -0.3 is 4.74 Å². The summed E-state index contributed by atoms with van der Waals surface area (Å²) in [6.07, 6.45) is 0.759. The van der Waals surface area contributed by atoms with Crippen LogP contribution in [0.25, 0.3) is 0 Å². The fraction of sp³-hybridized carbons (Fsp3) is 0.833. The van der Waals surface area contributed by atoms with E-state index in [2.05, 4.69) is 9.18 Å². The van der Waals surface area contributed by atoms with E-state index in [4.69, 9.17) is 4.74 Å². The summed E-state index contributed by atoms with van der Waals surface area (Å²) in [5.41, 5.74) is 0. The minimum Gasteiger partial charge on any atom is -0.474 e. The molecule has 0 N–H and O–H groups in total. The van der Waals surface area contributed by atoms with Crippen LogP contribution in [-0.2, 0) is 19.0 Å². The average Bonchev–Trinajstić information content (AvgIpc) is 2.30. The number of nitrogens with zero attached hydrogens (tertiary/aromatic N) is 1. The van der Waals surface area contributed by atoms with Crippen molar-refractivity contribution in [2.45, 2.75) is 13.0 Å². The van der Waals surface area contributed by atoms with Gasteiger partial charge in [-0.05, 0) is 0 Å². The summed E-state index contributed by atoms with van der Waals surface area (Å²) in [5, 5.41) is 0. The lowest BCUT2D eigenvalue weighted by molar-refractivity contribution is 0.146. The molecule has 0 spiro atoms. The molecule has 0 saturated carbocycles. The van der Waals surface area contributed by atoms with Crippen molar-refractivity contribution < 1.29 is 17.3 Å². The Labute approximate surface area is 71.5 Å². The first-order chi connectivity index (χ1) is 5.47. The Bertz CT molecular complexity index is 282. The summed E-state index contributed by atoms with van der Waals surface area (Å²) in [5.74, 6) is 0.581. The number of hydrogen-bond donors (Lipinski definition) is 0. The standard InChI is InChI=1S/C6H11NO4S/c1-5-7-3-6(11-5)4-10-12(2,8)9/h6H,3-4H2,1-2H3. The van der Waals surface area contributed by atoms with E-state index in [-0.39, 0.29) is 12.7 Å². The maximum absolute atomic E-state index is 10.6.